The minimum Gasteiger partial charge on any atom is -0.497 e. The molecule has 0 aliphatic heterocycles. The van der Waals surface area contributed by atoms with E-state index in [2.05, 4.69) is 0 Å². The van der Waals surface area contributed by atoms with E-state index in [9.17, 15) is 9.18 Å². The van der Waals surface area contributed by atoms with Crippen molar-refractivity contribution in [3.05, 3.63) is 58.9 Å². The summed E-state index contributed by atoms with van der Waals surface area (Å²) in [4.78, 5) is 11.3. The number of carbonyl (C=O) groups excluding carboxylic acids is 1. The van der Waals surface area contributed by atoms with Crippen LogP contribution in [-0.2, 0) is 0 Å². The van der Waals surface area contributed by atoms with Crippen LogP contribution in [0.3, 0.4) is 0 Å². The van der Waals surface area contributed by atoms with Crippen molar-refractivity contribution in [2.75, 3.05) is 14.2 Å². The molecule has 0 atom stereocenters. The minimum atomic E-state index is -0.288. The van der Waals surface area contributed by atoms with Crippen LogP contribution in [0.15, 0.2) is 36.4 Å². The van der Waals surface area contributed by atoms with Crippen molar-refractivity contribution in [3.63, 3.8) is 0 Å². The largest absolute Gasteiger partial charge is 0.497 e. The molecule has 0 aliphatic rings. The quantitative estimate of drug-likeness (QED) is 0.619. The fraction of sp³-hybridized carbons (Fsp3) is 0.118. The SMILES string of the molecule is COc1cc(/C=C/c2ccc(F)cc2)c(C=O)c(OC)c1. The summed E-state index contributed by atoms with van der Waals surface area (Å²) in [5, 5.41) is 0. The highest BCUT2D eigenvalue weighted by atomic mass is 19.1. The van der Waals surface area contributed by atoms with Gasteiger partial charge in [-0.05, 0) is 29.3 Å². The van der Waals surface area contributed by atoms with Gasteiger partial charge in [0.15, 0.2) is 6.29 Å². The molecule has 0 unspecified atom stereocenters. The molecule has 0 N–H and O–H groups in total. The zero-order chi connectivity index (χ0) is 15.2. The standard InChI is InChI=1S/C17H15FO3/c1-20-15-9-13(16(11-19)17(10-15)21-2)6-3-12-4-7-14(18)8-5-12/h3-11H,1-2H3/b6-3+. The second-order valence-electron chi connectivity index (χ2n) is 4.34. The van der Waals surface area contributed by atoms with E-state index in [0.29, 0.717) is 22.6 Å². The second kappa shape index (κ2) is 6.70. The van der Waals surface area contributed by atoms with Crippen LogP contribution < -0.4 is 9.47 Å². The smallest absolute Gasteiger partial charge is 0.154 e. The molecule has 0 saturated heterocycles. The molecule has 3 nitrogen and oxygen atoms in total. The lowest BCUT2D eigenvalue weighted by atomic mass is 10.0. The predicted molar refractivity (Wildman–Crippen MR) is 80.3 cm³/mol. The molecule has 2 aromatic rings. The molecule has 4 heteroatoms. The first-order valence-corrected chi connectivity index (χ1v) is 6.32. The van der Waals surface area contributed by atoms with E-state index < -0.39 is 0 Å². The molecular weight excluding hydrogens is 271 g/mol. The van der Waals surface area contributed by atoms with Crippen LogP contribution in [0.25, 0.3) is 12.2 Å². The third-order valence-electron chi connectivity index (χ3n) is 3.05. The lowest BCUT2D eigenvalue weighted by molar-refractivity contribution is 0.112. The van der Waals surface area contributed by atoms with Crippen molar-refractivity contribution in [1.29, 1.82) is 0 Å². The lowest BCUT2D eigenvalue weighted by Gasteiger charge is -2.09. The van der Waals surface area contributed by atoms with Crippen molar-refractivity contribution in [3.8, 4) is 11.5 Å². The van der Waals surface area contributed by atoms with E-state index in [1.807, 2.05) is 0 Å². The molecule has 108 valence electrons. The minimum absolute atomic E-state index is 0.288. The summed E-state index contributed by atoms with van der Waals surface area (Å²) in [6.07, 6.45) is 4.30. The number of methoxy groups -OCH3 is 2. The molecule has 0 amide bonds. The van der Waals surface area contributed by atoms with Crippen LogP contribution in [0.1, 0.15) is 21.5 Å². The number of halogens is 1. The van der Waals surface area contributed by atoms with Crippen LogP contribution in [0.5, 0.6) is 11.5 Å². The number of aldehydes is 1. The Labute approximate surface area is 122 Å². The highest BCUT2D eigenvalue weighted by Crippen LogP contribution is 2.28. The van der Waals surface area contributed by atoms with Gasteiger partial charge in [-0.25, -0.2) is 4.39 Å². The van der Waals surface area contributed by atoms with Gasteiger partial charge < -0.3 is 9.47 Å². The summed E-state index contributed by atoms with van der Waals surface area (Å²) in [5.41, 5.74) is 1.94. The Balaban J connectivity index is 2.42. The van der Waals surface area contributed by atoms with E-state index in [4.69, 9.17) is 9.47 Å². The normalized spacial score (nSPS) is 10.6. The highest BCUT2D eigenvalue weighted by molar-refractivity contribution is 5.88. The maximum Gasteiger partial charge on any atom is 0.154 e. The van der Waals surface area contributed by atoms with Crippen LogP contribution >= 0.6 is 0 Å². The van der Waals surface area contributed by atoms with Crippen molar-refractivity contribution in [2.45, 2.75) is 0 Å². The van der Waals surface area contributed by atoms with Crippen molar-refractivity contribution >= 4 is 18.4 Å². The molecule has 2 rings (SSSR count). The van der Waals surface area contributed by atoms with Crippen molar-refractivity contribution in [1.82, 2.24) is 0 Å². The van der Waals surface area contributed by atoms with E-state index in [1.165, 1.54) is 19.2 Å². The number of ether oxygens (including phenoxy) is 2. The average Bonchev–Trinajstić information content (AvgIpc) is 2.53. The third kappa shape index (κ3) is 3.48. The third-order valence-corrected chi connectivity index (χ3v) is 3.05. The summed E-state index contributed by atoms with van der Waals surface area (Å²) >= 11 is 0. The zero-order valence-corrected chi connectivity index (χ0v) is 11.8. The van der Waals surface area contributed by atoms with E-state index in [0.717, 1.165) is 11.8 Å². The Morgan fingerprint density at radius 1 is 1.00 bits per heavy atom. The van der Waals surface area contributed by atoms with Gasteiger partial charge in [-0.2, -0.15) is 0 Å². The summed E-state index contributed by atoms with van der Waals surface area (Å²) in [5.74, 6) is 0.753. The van der Waals surface area contributed by atoms with Gasteiger partial charge in [0.25, 0.3) is 0 Å². The fourth-order valence-corrected chi connectivity index (χ4v) is 1.93. The topological polar surface area (TPSA) is 35.5 Å². The summed E-state index contributed by atoms with van der Waals surface area (Å²) in [7, 11) is 3.04. The van der Waals surface area contributed by atoms with E-state index >= 15 is 0 Å². The highest BCUT2D eigenvalue weighted by Gasteiger charge is 2.09. The Bertz CT molecular complexity index is 660. The molecule has 0 spiro atoms. The zero-order valence-electron chi connectivity index (χ0n) is 11.8. The van der Waals surface area contributed by atoms with Gasteiger partial charge in [-0.15, -0.1) is 0 Å². The van der Waals surface area contributed by atoms with Crippen molar-refractivity contribution in [2.24, 2.45) is 0 Å². The number of hydrogen-bond acceptors (Lipinski definition) is 3. The molecule has 0 radical (unpaired) electrons. The van der Waals surface area contributed by atoms with E-state index in [-0.39, 0.29) is 5.82 Å². The molecule has 0 heterocycles. The van der Waals surface area contributed by atoms with Crippen LogP contribution in [0.4, 0.5) is 4.39 Å². The summed E-state index contributed by atoms with van der Waals surface area (Å²) in [6, 6.07) is 9.47. The molecule has 0 saturated carbocycles. The summed E-state index contributed by atoms with van der Waals surface area (Å²) in [6.45, 7) is 0. The Kier molecular flexibility index (Phi) is 4.72. The fourth-order valence-electron chi connectivity index (χ4n) is 1.93. The van der Waals surface area contributed by atoms with Gasteiger partial charge in [-0.3, -0.25) is 4.79 Å². The van der Waals surface area contributed by atoms with Gasteiger partial charge in [0.1, 0.15) is 17.3 Å². The average molecular weight is 286 g/mol. The molecule has 0 fully saturated rings. The van der Waals surface area contributed by atoms with E-state index in [1.54, 1.807) is 43.5 Å². The maximum atomic E-state index is 12.9. The molecular formula is C17H15FO3. The molecule has 21 heavy (non-hydrogen) atoms. The van der Waals surface area contributed by atoms with Gasteiger partial charge in [-0.1, -0.05) is 24.3 Å². The molecule has 2 aromatic carbocycles. The van der Waals surface area contributed by atoms with Gasteiger partial charge in [0.2, 0.25) is 0 Å². The van der Waals surface area contributed by atoms with Gasteiger partial charge >= 0.3 is 0 Å². The Hall–Kier alpha value is -2.62. The Morgan fingerprint density at radius 2 is 1.71 bits per heavy atom. The first-order chi connectivity index (χ1) is 10.2. The maximum absolute atomic E-state index is 12.9. The first-order valence-electron chi connectivity index (χ1n) is 6.32. The van der Waals surface area contributed by atoms with Crippen LogP contribution in [-0.4, -0.2) is 20.5 Å². The predicted octanol–water partition coefficient (Wildman–Crippen LogP) is 3.83. The van der Waals surface area contributed by atoms with Crippen LogP contribution in [0, 0.1) is 5.82 Å². The summed E-state index contributed by atoms with van der Waals surface area (Å²) < 4.78 is 23.2. The first kappa shape index (κ1) is 14.8. The Morgan fingerprint density at radius 3 is 2.29 bits per heavy atom. The number of carbonyl (C=O) groups is 1. The second-order valence-corrected chi connectivity index (χ2v) is 4.34. The molecule has 0 bridgehead atoms. The van der Waals surface area contributed by atoms with Gasteiger partial charge in [0.05, 0.1) is 19.8 Å². The number of benzene rings is 2. The number of rotatable bonds is 5. The monoisotopic (exact) mass is 286 g/mol. The lowest BCUT2D eigenvalue weighted by Crippen LogP contribution is -1.95. The number of hydrogen-bond donors (Lipinski definition) is 0. The van der Waals surface area contributed by atoms with Crippen molar-refractivity contribution < 1.29 is 18.7 Å². The van der Waals surface area contributed by atoms with Gasteiger partial charge in [0, 0.05) is 6.07 Å². The molecule has 0 aliphatic carbocycles. The van der Waals surface area contributed by atoms with Crippen LogP contribution in [0.2, 0.25) is 0 Å². The molecule has 0 aromatic heterocycles.